The Labute approximate surface area is 162 Å². The van der Waals surface area contributed by atoms with Gasteiger partial charge in [-0.2, -0.15) is 5.10 Å². The molecule has 2 aromatic heterocycles. The van der Waals surface area contributed by atoms with Gasteiger partial charge in [0.15, 0.2) is 0 Å². The van der Waals surface area contributed by atoms with Crippen molar-refractivity contribution in [2.75, 3.05) is 5.32 Å². The zero-order valence-electron chi connectivity index (χ0n) is 13.1. The molecule has 10 heteroatoms. The smallest absolute Gasteiger partial charge is 0.248 e. The van der Waals surface area contributed by atoms with Crippen LogP contribution in [0, 0.1) is 6.92 Å². The molecule has 0 aliphatic carbocycles. The average molecular weight is 444 g/mol. The predicted octanol–water partition coefficient (Wildman–Crippen LogP) is 3.54. The summed E-state index contributed by atoms with van der Waals surface area (Å²) in [5, 5.41) is 12.1. The molecule has 1 N–H and O–H groups in total. The van der Waals surface area contributed by atoms with Crippen molar-refractivity contribution < 1.29 is 4.79 Å². The van der Waals surface area contributed by atoms with Gasteiger partial charge in [0.1, 0.15) is 12.9 Å². The fraction of sp³-hybridized carbons (Fsp3) is 0.200. The molecule has 2 heterocycles. The number of anilines is 1. The van der Waals surface area contributed by atoms with E-state index in [1.807, 2.05) is 6.92 Å². The molecule has 0 aliphatic heterocycles. The van der Waals surface area contributed by atoms with E-state index in [4.69, 9.17) is 23.2 Å². The lowest BCUT2D eigenvalue weighted by molar-refractivity contribution is -0.116. The highest BCUT2D eigenvalue weighted by Crippen LogP contribution is 2.24. The van der Waals surface area contributed by atoms with Crippen LogP contribution in [0.4, 0.5) is 5.95 Å². The number of hydrogen-bond acceptors (Lipinski definition) is 4. The van der Waals surface area contributed by atoms with Gasteiger partial charge in [0.2, 0.25) is 11.9 Å². The molecule has 0 radical (unpaired) electrons. The van der Waals surface area contributed by atoms with Crippen molar-refractivity contribution in [1.29, 1.82) is 0 Å². The Bertz CT molecular complexity index is 883. The summed E-state index contributed by atoms with van der Waals surface area (Å²) in [5.41, 5.74) is 1.55. The third kappa shape index (κ3) is 4.39. The van der Waals surface area contributed by atoms with Gasteiger partial charge in [-0.05, 0) is 35.0 Å². The largest absolute Gasteiger partial charge is 0.292 e. The molecule has 0 spiro atoms. The van der Waals surface area contributed by atoms with E-state index >= 15 is 0 Å². The second kappa shape index (κ2) is 7.55. The van der Waals surface area contributed by atoms with Crippen LogP contribution in [0.1, 0.15) is 11.3 Å². The highest BCUT2D eigenvalue weighted by atomic mass is 79.9. The maximum absolute atomic E-state index is 12.1. The van der Waals surface area contributed by atoms with Crippen molar-refractivity contribution in [2.45, 2.75) is 20.0 Å². The first kappa shape index (κ1) is 17.9. The van der Waals surface area contributed by atoms with Crippen LogP contribution >= 0.6 is 39.1 Å². The number of benzene rings is 1. The van der Waals surface area contributed by atoms with E-state index in [1.165, 1.54) is 11.0 Å². The van der Waals surface area contributed by atoms with Crippen LogP contribution in [0.15, 0.2) is 35.2 Å². The molecule has 3 aromatic rings. The minimum Gasteiger partial charge on any atom is -0.292 e. The first-order chi connectivity index (χ1) is 11.9. The standard InChI is InChI=1S/C15H13BrCl2N6O/c1-9-11(16)6-23(21-9)7-14(25)20-15-19-8-24(22-15)5-10-12(17)3-2-4-13(10)18/h2-4,6,8H,5,7H2,1H3,(H,20,22,25). The molecular formula is C15H13BrCl2N6O. The minimum absolute atomic E-state index is 0.0668. The molecule has 0 saturated carbocycles. The molecule has 130 valence electrons. The third-order valence-electron chi connectivity index (χ3n) is 3.36. The maximum Gasteiger partial charge on any atom is 0.248 e. The van der Waals surface area contributed by atoms with Crippen LogP contribution < -0.4 is 5.32 Å². The monoisotopic (exact) mass is 442 g/mol. The number of rotatable bonds is 5. The highest BCUT2D eigenvalue weighted by molar-refractivity contribution is 9.10. The van der Waals surface area contributed by atoms with E-state index in [2.05, 4.69) is 36.4 Å². The summed E-state index contributed by atoms with van der Waals surface area (Å²) in [6.45, 7) is 2.27. The summed E-state index contributed by atoms with van der Waals surface area (Å²) in [7, 11) is 0. The number of nitrogens with one attached hydrogen (secondary N) is 1. The summed E-state index contributed by atoms with van der Waals surface area (Å²) in [4.78, 5) is 16.1. The summed E-state index contributed by atoms with van der Waals surface area (Å²) in [6, 6.07) is 5.29. The normalized spacial score (nSPS) is 10.9. The summed E-state index contributed by atoms with van der Waals surface area (Å²) < 4.78 is 3.94. The first-order valence-corrected chi connectivity index (χ1v) is 8.79. The molecule has 0 saturated heterocycles. The SMILES string of the molecule is Cc1nn(CC(=O)Nc2ncn(Cc3c(Cl)cccc3Cl)n2)cc1Br. The number of hydrogen-bond donors (Lipinski definition) is 1. The lowest BCUT2D eigenvalue weighted by atomic mass is 10.2. The van der Waals surface area contributed by atoms with Crippen LogP contribution in [0.5, 0.6) is 0 Å². The number of carbonyl (C=O) groups is 1. The Hall–Kier alpha value is -1.90. The van der Waals surface area contributed by atoms with Gasteiger partial charge in [-0.1, -0.05) is 29.3 Å². The van der Waals surface area contributed by atoms with Crippen LogP contribution in [0.2, 0.25) is 10.0 Å². The quantitative estimate of drug-likeness (QED) is 0.654. The van der Waals surface area contributed by atoms with E-state index in [9.17, 15) is 4.79 Å². The fourth-order valence-electron chi connectivity index (χ4n) is 2.16. The fourth-order valence-corrected chi connectivity index (χ4v) is 2.99. The van der Waals surface area contributed by atoms with E-state index in [0.29, 0.717) is 16.6 Å². The second-order valence-electron chi connectivity index (χ2n) is 5.27. The van der Waals surface area contributed by atoms with E-state index in [-0.39, 0.29) is 18.4 Å². The van der Waals surface area contributed by atoms with Crippen molar-refractivity contribution >= 4 is 51.0 Å². The molecule has 25 heavy (non-hydrogen) atoms. The Kier molecular flexibility index (Phi) is 5.41. The first-order valence-electron chi connectivity index (χ1n) is 7.24. The number of aromatic nitrogens is 5. The van der Waals surface area contributed by atoms with Gasteiger partial charge in [-0.15, -0.1) is 5.10 Å². The molecule has 0 atom stereocenters. The topological polar surface area (TPSA) is 77.6 Å². The molecule has 1 aromatic carbocycles. The second-order valence-corrected chi connectivity index (χ2v) is 6.94. The van der Waals surface area contributed by atoms with Gasteiger partial charge in [0, 0.05) is 21.8 Å². The van der Waals surface area contributed by atoms with Crippen LogP contribution in [-0.2, 0) is 17.9 Å². The maximum atomic E-state index is 12.1. The lowest BCUT2D eigenvalue weighted by Gasteiger charge is -2.06. The Morgan fingerprint density at radius 3 is 2.60 bits per heavy atom. The average Bonchev–Trinajstić information content (AvgIpc) is 3.10. The van der Waals surface area contributed by atoms with Gasteiger partial charge in [-0.25, -0.2) is 9.67 Å². The van der Waals surface area contributed by atoms with Gasteiger partial charge in [0.05, 0.1) is 16.7 Å². The van der Waals surface area contributed by atoms with Crippen LogP contribution in [0.3, 0.4) is 0 Å². The number of halogens is 3. The Morgan fingerprint density at radius 1 is 1.24 bits per heavy atom. The summed E-state index contributed by atoms with van der Waals surface area (Å²) >= 11 is 15.6. The molecule has 1 amide bonds. The minimum atomic E-state index is -0.275. The highest BCUT2D eigenvalue weighted by Gasteiger charge is 2.11. The van der Waals surface area contributed by atoms with Gasteiger partial charge in [-0.3, -0.25) is 14.8 Å². The zero-order valence-corrected chi connectivity index (χ0v) is 16.2. The number of amides is 1. The van der Waals surface area contributed by atoms with E-state index < -0.39 is 0 Å². The van der Waals surface area contributed by atoms with Crippen molar-refractivity contribution in [3.8, 4) is 0 Å². The number of nitrogens with zero attached hydrogens (tertiary/aromatic N) is 5. The molecule has 0 unspecified atom stereocenters. The zero-order chi connectivity index (χ0) is 18.0. The number of carbonyl (C=O) groups excluding carboxylic acids is 1. The molecule has 0 bridgehead atoms. The van der Waals surface area contributed by atoms with Crippen molar-refractivity contribution in [1.82, 2.24) is 24.5 Å². The van der Waals surface area contributed by atoms with E-state index in [0.717, 1.165) is 15.7 Å². The Balaban J connectivity index is 1.64. The van der Waals surface area contributed by atoms with Gasteiger partial charge in [0.25, 0.3) is 0 Å². The molecule has 7 nitrogen and oxygen atoms in total. The Morgan fingerprint density at radius 2 is 1.96 bits per heavy atom. The predicted molar refractivity (Wildman–Crippen MR) is 98.9 cm³/mol. The van der Waals surface area contributed by atoms with E-state index in [1.54, 1.807) is 29.1 Å². The van der Waals surface area contributed by atoms with Gasteiger partial charge >= 0.3 is 0 Å². The lowest BCUT2D eigenvalue weighted by Crippen LogP contribution is -2.20. The van der Waals surface area contributed by atoms with Crippen molar-refractivity contribution in [2.24, 2.45) is 0 Å². The van der Waals surface area contributed by atoms with Crippen LogP contribution in [-0.4, -0.2) is 30.5 Å². The summed E-state index contributed by atoms with van der Waals surface area (Å²) in [6.07, 6.45) is 3.24. The van der Waals surface area contributed by atoms with Crippen molar-refractivity contribution in [3.05, 3.63) is 56.5 Å². The molecular weight excluding hydrogens is 431 g/mol. The number of aryl methyl sites for hydroxylation is 1. The summed E-state index contributed by atoms with van der Waals surface area (Å²) in [5.74, 6) is -0.0698. The van der Waals surface area contributed by atoms with Gasteiger partial charge < -0.3 is 0 Å². The molecule has 0 fully saturated rings. The molecule has 3 rings (SSSR count). The third-order valence-corrected chi connectivity index (χ3v) is 4.85. The molecule has 0 aliphatic rings. The van der Waals surface area contributed by atoms with Crippen LogP contribution in [0.25, 0.3) is 0 Å². The van der Waals surface area contributed by atoms with Crippen molar-refractivity contribution in [3.63, 3.8) is 0 Å².